The smallest absolute Gasteiger partial charge is 0.0942 e. The molecule has 3 N–H and O–H groups in total. The number of hydrogen-bond acceptors (Lipinski definition) is 3. The van der Waals surface area contributed by atoms with E-state index in [4.69, 9.17) is 0 Å². The van der Waals surface area contributed by atoms with Crippen LogP contribution in [0.5, 0.6) is 0 Å². The Bertz CT molecular complexity index is 371. The van der Waals surface area contributed by atoms with Crippen molar-refractivity contribution in [3.8, 4) is 0 Å². The van der Waals surface area contributed by atoms with Gasteiger partial charge in [-0.15, -0.1) is 0 Å². The second-order valence-corrected chi connectivity index (χ2v) is 5.74. The summed E-state index contributed by atoms with van der Waals surface area (Å²) in [6.45, 7) is 8.51. The lowest BCUT2D eigenvalue weighted by Gasteiger charge is -2.27. The second kappa shape index (κ2) is 8.40. The van der Waals surface area contributed by atoms with E-state index < -0.39 is 6.10 Å². The molecule has 3 atom stereocenters. The van der Waals surface area contributed by atoms with Crippen molar-refractivity contribution in [2.75, 3.05) is 6.61 Å². The fourth-order valence-electron chi connectivity index (χ4n) is 2.35. The van der Waals surface area contributed by atoms with Crippen LogP contribution in [0.25, 0.3) is 0 Å². The molecule has 0 aliphatic heterocycles. The summed E-state index contributed by atoms with van der Waals surface area (Å²) in [7, 11) is 0. The van der Waals surface area contributed by atoms with Crippen molar-refractivity contribution in [1.82, 2.24) is 5.32 Å². The van der Waals surface area contributed by atoms with Gasteiger partial charge < -0.3 is 15.5 Å². The molecule has 3 heteroatoms. The van der Waals surface area contributed by atoms with Crippen LogP contribution in [0.1, 0.15) is 63.7 Å². The van der Waals surface area contributed by atoms with Crippen molar-refractivity contribution in [2.24, 2.45) is 0 Å². The van der Waals surface area contributed by atoms with Gasteiger partial charge in [0.2, 0.25) is 0 Å². The number of aliphatic hydroxyl groups is 2. The summed E-state index contributed by atoms with van der Waals surface area (Å²) < 4.78 is 0. The van der Waals surface area contributed by atoms with E-state index in [1.807, 2.05) is 26.0 Å². The Morgan fingerprint density at radius 3 is 1.95 bits per heavy atom. The Kier molecular flexibility index (Phi) is 7.20. The Labute approximate surface area is 123 Å². The van der Waals surface area contributed by atoms with Crippen LogP contribution in [0.2, 0.25) is 0 Å². The van der Waals surface area contributed by atoms with E-state index >= 15 is 0 Å². The van der Waals surface area contributed by atoms with Crippen molar-refractivity contribution in [3.63, 3.8) is 0 Å². The van der Waals surface area contributed by atoms with Crippen molar-refractivity contribution in [2.45, 2.75) is 64.6 Å². The van der Waals surface area contributed by atoms with E-state index in [-0.39, 0.29) is 18.7 Å². The molecule has 1 aromatic carbocycles. The van der Waals surface area contributed by atoms with Crippen LogP contribution in [0.3, 0.4) is 0 Å². The molecule has 1 aromatic rings. The molecule has 1 rings (SSSR count). The highest BCUT2D eigenvalue weighted by Gasteiger charge is 2.21. The quantitative estimate of drug-likeness (QED) is 0.685. The van der Waals surface area contributed by atoms with Gasteiger partial charge in [-0.2, -0.15) is 0 Å². The first kappa shape index (κ1) is 17.2. The molecule has 0 heterocycles. The average Bonchev–Trinajstić information content (AvgIpc) is 2.48. The molecule has 0 aromatic heterocycles. The lowest BCUT2D eigenvalue weighted by atomic mass is 9.95. The van der Waals surface area contributed by atoms with Gasteiger partial charge in [0, 0.05) is 12.1 Å². The highest BCUT2D eigenvalue weighted by atomic mass is 16.3. The standard InChI is InChI=1S/C17H29NO2/c1-5-15(11-19)18-16(6-2)17(20)14-9-7-13(8-10-14)12(3)4/h7-10,12,15-20H,5-6,11H2,1-4H3. The maximum atomic E-state index is 10.5. The SMILES string of the molecule is CCC(CO)NC(CC)C(O)c1ccc(C(C)C)cc1. The van der Waals surface area contributed by atoms with E-state index in [2.05, 4.69) is 31.3 Å². The van der Waals surface area contributed by atoms with Crippen LogP contribution in [-0.2, 0) is 0 Å². The van der Waals surface area contributed by atoms with Crippen LogP contribution >= 0.6 is 0 Å². The molecule has 3 nitrogen and oxygen atoms in total. The number of aliphatic hydroxyl groups excluding tert-OH is 2. The summed E-state index contributed by atoms with van der Waals surface area (Å²) in [5.74, 6) is 0.500. The number of nitrogens with one attached hydrogen (secondary N) is 1. The molecule has 0 aliphatic carbocycles. The van der Waals surface area contributed by atoms with E-state index in [1.54, 1.807) is 0 Å². The molecular formula is C17H29NO2. The molecule has 0 amide bonds. The highest BCUT2D eigenvalue weighted by molar-refractivity contribution is 5.26. The number of rotatable bonds is 8. The maximum absolute atomic E-state index is 10.5. The number of hydrogen-bond donors (Lipinski definition) is 3. The van der Waals surface area contributed by atoms with Crippen molar-refractivity contribution >= 4 is 0 Å². The molecule has 0 bridgehead atoms. The van der Waals surface area contributed by atoms with Gasteiger partial charge in [-0.3, -0.25) is 0 Å². The average molecular weight is 279 g/mol. The fraction of sp³-hybridized carbons (Fsp3) is 0.647. The topological polar surface area (TPSA) is 52.5 Å². The molecule has 0 saturated carbocycles. The Morgan fingerprint density at radius 2 is 1.55 bits per heavy atom. The summed E-state index contributed by atoms with van der Waals surface area (Å²) in [6, 6.07) is 8.19. The zero-order valence-electron chi connectivity index (χ0n) is 13.1. The summed E-state index contributed by atoms with van der Waals surface area (Å²) in [6.07, 6.45) is 1.14. The normalized spacial score (nSPS) is 16.1. The van der Waals surface area contributed by atoms with E-state index in [0.29, 0.717) is 5.92 Å². The van der Waals surface area contributed by atoms with E-state index in [1.165, 1.54) is 5.56 Å². The third-order valence-electron chi connectivity index (χ3n) is 3.93. The maximum Gasteiger partial charge on any atom is 0.0942 e. The van der Waals surface area contributed by atoms with Gasteiger partial charge in [0.25, 0.3) is 0 Å². The van der Waals surface area contributed by atoms with Crippen molar-refractivity contribution < 1.29 is 10.2 Å². The van der Waals surface area contributed by atoms with Crippen molar-refractivity contribution in [3.05, 3.63) is 35.4 Å². The molecular weight excluding hydrogens is 250 g/mol. The van der Waals surface area contributed by atoms with Crippen LogP contribution in [-0.4, -0.2) is 28.9 Å². The third-order valence-corrected chi connectivity index (χ3v) is 3.93. The van der Waals surface area contributed by atoms with Gasteiger partial charge in [0.1, 0.15) is 0 Å². The van der Waals surface area contributed by atoms with Gasteiger partial charge in [-0.05, 0) is 29.9 Å². The van der Waals surface area contributed by atoms with Gasteiger partial charge in [-0.25, -0.2) is 0 Å². The largest absolute Gasteiger partial charge is 0.395 e. The van der Waals surface area contributed by atoms with Gasteiger partial charge in [0.05, 0.1) is 12.7 Å². The molecule has 3 unspecified atom stereocenters. The molecule has 114 valence electrons. The van der Waals surface area contributed by atoms with Gasteiger partial charge in [0.15, 0.2) is 0 Å². The van der Waals surface area contributed by atoms with Crippen LogP contribution < -0.4 is 5.32 Å². The zero-order chi connectivity index (χ0) is 15.1. The lowest BCUT2D eigenvalue weighted by molar-refractivity contribution is 0.109. The van der Waals surface area contributed by atoms with Crippen LogP contribution in [0.4, 0.5) is 0 Å². The Hall–Kier alpha value is -0.900. The first-order chi connectivity index (χ1) is 9.53. The van der Waals surface area contributed by atoms with Gasteiger partial charge in [-0.1, -0.05) is 52.0 Å². The minimum Gasteiger partial charge on any atom is -0.395 e. The highest BCUT2D eigenvalue weighted by Crippen LogP contribution is 2.22. The van der Waals surface area contributed by atoms with Crippen LogP contribution in [0.15, 0.2) is 24.3 Å². The summed E-state index contributed by atoms with van der Waals surface area (Å²) >= 11 is 0. The predicted octanol–water partition coefficient (Wildman–Crippen LogP) is 2.98. The van der Waals surface area contributed by atoms with Crippen molar-refractivity contribution in [1.29, 1.82) is 0 Å². The molecule has 0 saturated heterocycles. The molecule has 0 spiro atoms. The number of benzene rings is 1. The van der Waals surface area contributed by atoms with E-state index in [0.717, 1.165) is 18.4 Å². The predicted molar refractivity (Wildman–Crippen MR) is 83.9 cm³/mol. The molecule has 0 fully saturated rings. The monoisotopic (exact) mass is 279 g/mol. The molecule has 0 radical (unpaired) electrons. The minimum absolute atomic E-state index is 0.0306. The minimum atomic E-state index is -0.540. The zero-order valence-corrected chi connectivity index (χ0v) is 13.1. The second-order valence-electron chi connectivity index (χ2n) is 5.74. The first-order valence-electron chi connectivity index (χ1n) is 7.68. The fourth-order valence-corrected chi connectivity index (χ4v) is 2.35. The summed E-state index contributed by atoms with van der Waals surface area (Å²) in [5, 5.41) is 23.1. The van der Waals surface area contributed by atoms with E-state index in [9.17, 15) is 10.2 Å². The molecule has 20 heavy (non-hydrogen) atoms. The van der Waals surface area contributed by atoms with Gasteiger partial charge >= 0.3 is 0 Å². The third kappa shape index (κ3) is 4.58. The summed E-state index contributed by atoms with van der Waals surface area (Å²) in [4.78, 5) is 0. The Morgan fingerprint density at radius 1 is 1.00 bits per heavy atom. The first-order valence-corrected chi connectivity index (χ1v) is 7.68. The Balaban J connectivity index is 2.77. The molecule has 0 aliphatic rings. The summed E-state index contributed by atoms with van der Waals surface area (Å²) in [5.41, 5.74) is 2.21. The van der Waals surface area contributed by atoms with Crippen LogP contribution in [0, 0.1) is 0 Å². The lowest BCUT2D eigenvalue weighted by Crippen LogP contribution is -2.43.